The number of methoxy groups -OCH3 is 1. The number of nitrogens with zero attached hydrogens (tertiary/aromatic N) is 2. The topological polar surface area (TPSA) is 58.1 Å². The van der Waals surface area contributed by atoms with E-state index in [9.17, 15) is 0 Å². The Morgan fingerprint density at radius 1 is 1.18 bits per heavy atom. The van der Waals surface area contributed by atoms with Crippen LogP contribution in [0.2, 0.25) is 0 Å². The van der Waals surface area contributed by atoms with E-state index >= 15 is 0 Å². The van der Waals surface area contributed by atoms with Crippen LogP contribution in [0.3, 0.4) is 0 Å². The maximum absolute atomic E-state index is 5.93. The summed E-state index contributed by atoms with van der Waals surface area (Å²) in [4.78, 5) is 6.83. The average molecular weight is 506 g/mol. The molecule has 0 bridgehead atoms. The molecule has 162 valence electrons. The molecule has 6 nitrogen and oxygen atoms in total. The summed E-state index contributed by atoms with van der Waals surface area (Å²) in [5, 5.41) is 6.69. The van der Waals surface area contributed by atoms with E-state index in [4.69, 9.17) is 14.5 Å². The van der Waals surface area contributed by atoms with E-state index in [2.05, 4.69) is 49.3 Å². The van der Waals surface area contributed by atoms with E-state index in [0.29, 0.717) is 19.7 Å². The van der Waals surface area contributed by atoms with Crippen LogP contribution < -0.4 is 15.4 Å². The van der Waals surface area contributed by atoms with Gasteiger partial charge in [0.2, 0.25) is 0 Å². The second-order valence-corrected chi connectivity index (χ2v) is 7.93. The number of ether oxygens (including phenoxy) is 2. The molecule has 0 aromatic heterocycles. The largest absolute Gasteiger partial charge is 0.492 e. The van der Waals surface area contributed by atoms with Gasteiger partial charge in [0.25, 0.3) is 0 Å². The summed E-state index contributed by atoms with van der Waals surface area (Å²) >= 11 is 0. The third kappa shape index (κ3) is 10.5. The van der Waals surface area contributed by atoms with Gasteiger partial charge in [0.05, 0.1) is 12.6 Å². The van der Waals surface area contributed by atoms with Crippen molar-refractivity contribution in [3.05, 3.63) is 29.8 Å². The first kappa shape index (κ1) is 26.9. The maximum atomic E-state index is 5.93. The SMILES string of the molecule is CCNC(=NCc1ccccc1OCCN(C)C)NCC(OC)C(C)(C)C.I. The lowest BCUT2D eigenvalue weighted by molar-refractivity contribution is 0.0205. The zero-order valence-corrected chi connectivity index (χ0v) is 20.9. The minimum absolute atomic E-state index is 0. The van der Waals surface area contributed by atoms with Crippen LogP contribution in [0, 0.1) is 5.41 Å². The van der Waals surface area contributed by atoms with Crippen LogP contribution in [-0.2, 0) is 11.3 Å². The lowest BCUT2D eigenvalue weighted by atomic mass is 9.89. The van der Waals surface area contributed by atoms with Crippen molar-refractivity contribution in [1.82, 2.24) is 15.5 Å². The highest BCUT2D eigenvalue weighted by Gasteiger charge is 2.24. The van der Waals surface area contributed by atoms with Gasteiger partial charge in [0.15, 0.2) is 5.96 Å². The highest BCUT2D eigenvalue weighted by molar-refractivity contribution is 14.0. The third-order valence-electron chi connectivity index (χ3n) is 4.23. The molecule has 0 saturated heterocycles. The van der Waals surface area contributed by atoms with E-state index in [-0.39, 0.29) is 35.5 Å². The molecule has 1 aromatic carbocycles. The van der Waals surface area contributed by atoms with E-state index in [1.807, 2.05) is 32.3 Å². The summed E-state index contributed by atoms with van der Waals surface area (Å²) < 4.78 is 11.5. The number of nitrogens with one attached hydrogen (secondary N) is 2. The van der Waals surface area contributed by atoms with E-state index in [0.717, 1.165) is 30.4 Å². The highest BCUT2D eigenvalue weighted by atomic mass is 127. The van der Waals surface area contributed by atoms with E-state index in [1.165, 1.54) is 0 Å². The fourth-order valence-electron chi connectivity index (χ4n) is 2.55. The van der Waals surface area contributed by atoms with Crippen LogP contribution in [0.25, 0.3) is 0 Å². The molecule has 0 aliphatic rings. The summed E-state index contributed by atoms with van der Waals surface area (Å²) in [5.74, 6) is 1.68. The Labute approximate surface area is 188 Å². The Morgan fingerprint density at radius 2 is 1.86 bits per heavy atom. The number of hydrogen-bond donors (Lipinski definition) is 2. The summed E-state index contributed by atoms with van der Waals surface area (Å²) in [7, 11) is 5.83. The number of likely N-dealkylation sites (N-methyl/N-ethyl adjacent to an activating group) is 1. The number of rotatable bonds is 10. The Bertz CT molecular complexity index is 574. The number of para-hydroxylation sites is 1. The second kappa shape index (κ2) is 14.0. The first-order chi connectivity index (χ1) is 12.8. The molecule has 0 spiro atoms. The average Bonchev–Trinajstić information content (AvgIpc) is 2.59. The molecular weight excluding hydrogens is 467 g/mol. The number of benzene rings is 1. The quantitative estimate of drug-likeness (QED) is 0.290. The van der Waals surface area contributed by atoms with Gasteiger partial charge in [-0.15, -0.1) is 24.0 Å². The molecule has 0 saturated carbocycles. The normalized spacial score (nSPS) is 13.1. The van der Waals surface area contributed by atoms with E-state index < -0.39 is 0 Å². The molecule has 1 rings (SSSR count). The Hall–Kier alpha value is -1.06. The Morgan fingerprint density at radius 3 is 2.43 bits per heavy atom. The predicted molar refractivity (Wildman–Crippen MR) is 129 cm³/mol. The molecule has 0 amide bonds. The molecule has 0 radical (unpaired) electrons. The number of halogens is 1. The summed E-state index contributed by atoms with van der Waals surface area (Å²) in [6.07, 6.45) is 0.100. The van der Waals surface area contributed by atoms with Gasteiger partial charge in [0.1, 0.15) is 12.4 Å². The Balaban J connectivity index is 0.00000729. The molecule has 7 heteroatoms. The van der Waals surface area contributed by atoms with Crippen molar-refractivity contribution in [1.29, 1.82) is 0 Å². The van der Waals surface area contributed by atoms with Crippen molar-refractivity contribution in [3.63, 3.8) is 0 Å². The van der Waals surface area contributed by atoms with Gasteiger partial charge in [-0.2, -0.15) is 0 Å². The number of aliphatic imine (C=N–C) groups is 1. The van der Waals surface area contributed by atoms with Crippen LogP contribution in [0.5, 0.6) is 5.75 Å². The van der Waals surface area contributed by atoms with E-state index in [1.54, 1.807) is 7.11 Å². The van der Waals surface area contributed by atoms with Crippen molar-refractivity contribution in [2.75, 3.05) is 47.4 Å². The van der Waals surface area contributed by atoms with Crippen molar-refractivity contribution in [2.45, 2.75) is 40.3 Å². The molecule has 0 aliphatic carbocycles. The molecule has 1 unspecified atom stereocenters. The summed E-state index contributed by atoms with van der Waals surface area (Å²) in [6, 6.07) is 8.07. The first-order valence-corrected chi connectivity index (χ1v) is 9.68. The van der Waals surface area contributed by atoms with Gasteiger partial charge < -0.3 is 25.0 Å². The lowest BCUT2D eigenvalue weighted by Gasteiger charge is -2.30. The smallest absolute Gasteiger partial charge is 0.191 e. The fraction of sp³-hybridized carbons (Fsp3) is 0.667. The van der Waals surface area contributed by atoms with Gasteiger partial charge >= 0.3 is 0 Å². The van der Waals surface area contributed by atoms with Crippen LogP contribution in [-0.4, -0.2) is 64.4 Å². The number of hydrogen-bond acceptors (Lipinski definition) is 4. The molecule has 1 aromatic rings. The monoisotopic (exact) mass is 506 g/mol. The molecule has 1 atom stereocenters. The molecule has 0 fully saturated rings. The third-order valence-corrected chi connectivity index (χ3v) is 4.23. The van der Waals surface area contributed by atoms with Gasteiger partial charge in [0, 0.05) is 32.3 Å². The van der Waals surface area contributed by atoms with Gasteiger partial charge in [-0.1, -0.05) is 39.0 Å². The lowest BCUT2D eigenvalue weighted by Crippen LogP contribution is -2.45. The summed E-state index contributed by atoms with van der Waals surface area (Å²) in [6.45, 7) is 12.2. The van der Waals surface area contributed by atoms with Gasteiger partial charge in [-0.05, 0) is 32.5 Å². The second-order valence-electron chi connectivity index (χ2n) is 7.93. The van der Waals surface area contributed by atoms with Crippen LogP contribution in [0.4, 0.5) is 0 Å². The van der Waals surface area contributed by atoms with Gasteiger partial charge in [-0.25, -0.2) is 4.99 Å². The predicted octanol–water partition coefficient (Wildman–Crippen LogP) is 3.36. The van der Waals surface area contributed by atoms with Crippen molar-refractivity contribution in [3.8, 4) is 5.75 Å². The van der Waals surface area contributed by atoms with Crippen molar-refractivity contribution < 1.29 is 9.47 Å². The van der Waals surface area contributed by atoms with Gasteiger partial charge in [-0.3, -0.25) is 0 Å². The minimum Gasteiger partial charge on any atom is -0.492 e. The molecule has 28 heavy (non-hydrogen) atoms. The number of guanidine groups is 1. The minimum atomic E-state index is 0. The fourth-order valence-corrected chi connectivity index (χ4v) is 2.55. The van der Waals surface area contributed by atoms with Crippen LogP contribution in [0.15, 0.2) is 29.3 Å². The maximum Gasteiger partial charge on any atom is 0.191 e. The molecule has 2 N–H and O–H groups in total. The Kier molecular flexibility index (Phi) is 13.5. The molecule has 0 heterocycles. The molecular formula is C21H39IN4O2. The van der Waals surface area contributed by atoms with Crippen LogP contribution in [0.1, 0.15) is 33.3 Å². The summed E-state index contributed by atoms with van der Waals surface area (Å²) in [5.41, 5.74) is 1.14. The standard InChI is InChI=1S/C21H38N4O2.HI/c1-8-22-20(24-16-19(26-7)21(2,3)4)23-15-17-11-9-10-12-18(17)27-14-13-25(5)6;/h9-12,19H,8,13-16H2,1-7H3,(H2,22,23,24);1H. The first-order valence-electron chi connectivity index (χ1n) is 9.68. The zero-order valence-electron chi connectivity index (χ0n) is 18.5. The van der Waals surface area contributed by atoms with Crippen LogP contribution >= 0.6 is 24.0 Å². The molecule has 0 aliphatic heterocycles. The highest BCUT2D eigenvalue weighted by Crippen LogP contribution is 2.21. The van der Waals surface area contributed by atoms with Crippen molar-refractivity contribution >= 4 is 29.9 Å². The van der Waals surface area contributed by atoms with Crippen molar-refractivity contribution in [2.24, 2.45) is 10.4 Å². The zero-order chi connectivity index (χ0) is 20.3.